The van der Waals surface area contributed by atoms with E-state index in [4.69, 9.17) is 5.26 Å². The van der Waals surface area contributed by atoms with E-state index in [0.717, 1.165) is 38.5 Å². The van der Waals surface area contributed by atoms with E-state index >= 15 is 0 Å². The molecule has 1 spiro atoms. The molecule has 3 fully saturated rings. The van der Waals surface area contributed by atoms with Gasteiger partial charge in [-0.3, -0.25) is 9.59 Å². The van der Waals surface area contributed by atoms with E-state index in [-0.39, 0.29) is 23.1 Å². The van der Waals surface area contributed by atoms with E-state index in [1.54, 1.807) is 24.3 Å². The predicted molar refractivity (Wildman–Crippen MR) is 102 cm³/mol. The molecule has 0 bridgehead atoms. The number of hydrogen-bond donors (Lipinski definition) is 1. The number of carbonyl (C=O) groups is 2. The standard InChI is InChI=1S/C22H27N3O2/c23-13-16-7-9-17(10-8-16)21(27)25-14-19(22(15-25)11-3-4-12-22)20(26)24-18-5-1-2-6-18/h7-10,18-19H,1-6,11-12,14-15H2,(H,24,26). The number of amides is 2. The van der Waals surface area contributed by atoms with Crippen molar-refractivity contribution < 1.29 is 9.59 Å². The fourth-order valence-electron chi connectivity index (χ4n) is 5.31. The van der Waals surface area contributed by atoms with Crippen LogP contribution in [0.15, 0.2) is 24.3 Å². The lowest BCUT2D eigenvalue weighted by Gasteiger charge is -2.29. The quantitative estimate of drug-likeness (QED) is 0.893. The number of rotatable bonds is 3. The summed E-state index contributed by atoms with van der Waals surface area (Å²) < 4.78 is 0. The van der Waals surface area contributed by atoms with Gasteiger partial charge in [-0.15, -0.1) is 0 Å². The zero-order valence-electron chi connectivity index (χ0n) is 15.7. The highest BCUT2D eigenvalue weighted by Crippen LogP contribution is 2.49. The van der Waals surface area contributed by atoms with E-state index in [0.29, 0.717) is 30.3 Å². The minimum Gasteiger partial charge on any atom is -0.353 e. The van der Waals surface area contributed by atoms with E-state index in [2.05, 4.69) is 11.4 Å². The van der Waals surface area contributed by atoms with Gasteiger partial charge in [0, 0.05) is 30.1 Å². The Hall–Kier alpha value is -2.35. The van der Waals surface area contributed by atoms with E-state index in [1.165, 1.54) is 12.8 Å². The van der Waals surface area contributed by atoms with Gasteiger partial charge in [0.25, 0.3) is 5.91 Å². The van der Waals surface area contributed by atoms with Crippen LogP contribution in [-0.2, 0) is 4.79 Å². The van der Waals surface area contributed by atoms with Crippen molar-refractivity contribution in [1.82, 2.24) is 10.2 Å². The highest BCUT2D eigenvalue weighted by molar-refractivity contribution is 5.95. The van der Waals surface area contributed by atoms with Crippen molar-refractivity contribution in [3.05, 3.63) is 35.4 Å². The molecule has 142 valence electrons. The van der Waals surface area contributed by atoms with Gasteiger partial charge in [-0.25, -0.2) is 0 Å². The summed E-state index contributed by atoms with van der Waals surface area (Å²) in [5, 5.41) is 12.2. The Bertz CT molecular complexity index is 753. The summed E-state index contributed by atoms with van der Waals surface area (Å²) in [5.74, 6) is 0.0313. The molecule has 1 aliphatic heterocycles. The Labute approximate surface area is 160 Å². The lowest BCUT2D eigenvalue weighted by molar-refractivity contribution is -0.128. The van der Waals surface area contributed by atoms with Crippen LogP contribution in [0, 0.1) is 22.7 Å². The molecule has 0 radical (unpaired) electrons. The van der Waals surface area contributed by atoms with Crippen LogP contribution in [0.3, 0.4) is 0 Å². The second-order valence-electron chi connectivity index (χ2n) is 8.49. The van der Waals surface area contributed by atoms with Crippen LogP contribution in [0.4, 0.5) is 0 Å². The summed E-state index contributed by atoms with van der Waals surface area (Å²) >= 11 is 0. The summed E-state index contributed by atoms with van der Waals surface area (Å²) in [6.07, 6.45) is 8.92. The number of likely N-dealkylation sites (tertiary alicyclic amines) is 1. The largest absolute Gasteiger partial charge is 0.353 e. The Morgan fingerprint density at radius 3 is 2.37 bits per heavy atom. The van der Waals surface area contributed by atoms with Crippen LogP contribution < -0.4 is 5.32 Å². The average molecular weight is 365 g/mol. The molecule has 5 heteroatoms. The third kappa shape index (κ3) is 3.45. The molecule has 5 nitrogen and oxygen atoms in total. The normalized spacial score (nSPS) is 24.3. The summed E-state index contributed by atoms with van der Waals surface area (Å²) in [7, 11) is 0. The smallest absolute Gasteiger partial charge is 0.253 e. The van der Waals surface area contributed by atoms with E-state index in [1.807, 2.05) is 4.90 Å². The minimum absolute atomic E-state index is 0.0260. The molecule has 4 rings (SSSR count). The second kappa shape index (κ2) is 7.34. The number of nitriles is 1. The molecule has 1 unspecified atom stereocenters. The topological polar surface area (TPSA) is 73.2 Å². The van der Waals surface area contributed by atoms with Gasteiger partial charge < -0.3 is 10.2 Å². The predicted octanol–water partition coefficient (Wildman–Crippen LogP) is 3.25. The molecule has 2 amide bonds. The fraction of sp³-hybridized carbons (Fsp3) is 0.591. The number of nitrogens with one attached hydrogen (secondary N) is 1. The molecule has 3 aliphatic rings. The van der Waals surface area contributed by atoms with Gasteiger partial charge in [-0.05, 0) is 49.9 Å². The van der Waals surface area contributed by atoms with Gasteiger partial charge in [-0.1, -0.05) is 25.7 Å². The SMILES string of the molecule is N#Cc1ccc(C(=O)N2CC(C(=O)NC3CCCC3)C3(CCCC3)C2)cc1. The number of hydrogen-bond acceptors (Lipinski definition) is 3. The van der Waals surface area contributed by atoms with Crippen LogP contribution in [0.2, 0.25) is 0 Å². The van der Waals surface area contributed by atoms with Gasteiger partial charge in [-0.2, -0.15) is 5.26 Å². The molecule has 2 aliphatic carbocycles. The van der Waals surface area contributed by atoms with Gasteiger partial charge in [0.2, 0.25) is 5.91 Å². The molecule has 1 heterocycles. The fourth-order valence-corrected chi connectivity index (χ4v) is 5.31. The lowest BCUT2D eigenvalue weighted by Crippen LogP contribution is -2.43. The van der Waals surface area contributed by atoms with Crippen LogP contribution in [-0.4, -0.2) is 35.8 Å². The summed E-state index contributed by atoms with van der Waals surface area (Å²) in [4.78, 5) is 27.9. The zero-order valence-corrected chi connectivity index (χ0v) is 15.7. The van der Waals surface area contributed by atoms with Crippen molar-refractivity contribution in [2.24, 2.45) is 11.3 Å². The Morgan fingerprint density at radius 1 is 1.07 bits per heavy atom. The maximum atomic E-state index is 13.1. The molecule has 1 saturated heterocycles. The van der Waals surface area contributed by atoms with Crippen LogP contribution in [0.5, 0.6) is 0 Å². The molecule has 27 heavy (non-hydrogen) atoms. The molecular formula is C22H27N3O2. The highest BCUT2D eigenvalue weighted by atomic mass is 16.2. The van der Waals surface area contributed by atoms with E-state index in [9.17, 15) is 9.59 Å². The molecule has 2 saturated carbocycles. The number of nitrogens with zero attached hydrogens (tertiary/aromatic N) is 2. The monoisotopic (exact) mass is 365 g/mol. The van der Waals surface area contributed by atoms with Crippen LogP contribution in [0.1, 0.15) is 67.3 Å². The van der Waals surface area contributed by atoms with Crippen molar-refractivity contribution in [3.8, 4) is 6.07 Å². The van der Waals surface area contributed by atoms with Crippen LogP contribution in [0.25, 0.3) is 0 Å². The number of carbonyl (C=O) groups excluding carboxylic acids is 2. The highest BCUT2D eigenvalue weighted by Gasteiger charge is 2.52. The molecule has 1 aromatic carbocycles. The maximum Gasteiger partial charge on any atom is 0.253 e. The third-order valence-corrected chi connectivity index (χ3v) is 6.81. The molecule has 1 aromatic rings. The summed E-state index contributed by atoms with van der Waals surface area (Å²) in [6, 6.07) is 9.19. The van der Waals surface area contributed by atoms with Crippen molar-refractivity contribution in [2.75, 3.05) is 13.1 Å². The number of benzene rings is 1. The lowest BCUT2D eigenvalue weighted by atomic mass is 9.76. The van der Waals surface area contributed by atoms with Crippen molar-refractivity contribution >= 4 is 11.8 Å². The van der Waals surface area contributed by atoms with Crippen molar-refractivity contribution in [3.63, 3.8) is 0 Å². The van der Waals surface area contributed by atoms with Gasteiger partial charge in [0.1, 0.15) is 0 Å². The van der Waals surface area contributed by atoms with Gasteiger partial charge in [0.05, 0.1) is 17.6 Å². The van der Waals surface area contributed by atoms with Crippen molar-refractivity contribution in [1.29, 1.82) is 5.26 Å². The first-order valence-corrected chi connectivity index (χ1v) is 10.2. The van der Waals surface area contributed by atoms with Gasteiger partial charge >= 0.3 is 0 Å². The summed E-state index contributed by atoms with van der Waals surface area (Å²) in [5.41, 5.74) is 1.10. The van der Waals surface area contributed by atoms with Crippen molar-refractivity contribution in [2.45, 2.75) is 57.4 Å². The minimum atomic E-state index is -0.0945. The Kier molecular flexibility index (Phi) is 4.90. The maximum absolute atomic E-state index is 13.1. The Balaban J connectivity index is 1.51. The molecule has 1 N–H and O–H groups in total. The van der Waals surface area contributed by atoms with Crippen LogP contribution >= 0.6 is 0 Å². The Morgan fingerprint density at radius 2 is 1.74 bits per heavy atom. The molecular weight excluding hydrogens is 338 g/mol. The third-order valence-electron chi connectivity index (χ3n) is 6.81. The zero-order chi connectivity index (χ0) is 18.9. The molecule has 0 aromatic heterocycles. The molecule has 1 atom stereocenters. The first-order valence-electron chi connectivity index (χ1n) is 10.2. The van der Waals surface area contributed by atoms with Gasteiger partial charge in [0.15, 0.2) is 0 Å². The second-order valence-corrected chi connectivity index (χ2v) is 8.49. The first-order chi connectivity index (χ1) is 13.1. The average Bonchev–Trinajstić information content (AvgIpc) is 3.44. The first kappa shape index (κ1) is 18.0. The van der Waals surface area contributed by atoms with E-state index < -0.39 is 0 Å². The summed E-state index contributed by atoms with van der Waals surface area (Å²) in [6.45, 7) is 1.19.